The lowest BCUT2D eigenvalue weighted by Crippen LogP contribution is -2.16. The molecule has 0 atom stereocenters. The van der Waals surface area contributed by atoms with E-state index in [1.54, 1.807) is 0 Å². The zero-order valence-corrected chi connectivity index (χ0v) is 5.45. The number of hydrogen-bond acceptors (Lipinski definition) is 3. The predicted octanol–water partition coefficient (Wildman–Crippen LogP) is 0.678. The topological polar surface area (TPSA) is 65.2 Å². The largest absolute Gasteiger partial charge is 0.410 e. The van der Waals surface area contributed by atoms with Gasteiger partial charge in [0.25, 0.3) is 0 Å². The van der Waals surface area contributed by atoms with Crippen LogP contribution in [0, 0.1) is 5.82 Å². The highest BCUT2D eigenvalue weighted by atomic mass is 19.1. The highest BCUT2D eigenvalue weighted by molar-refractivity contribution is 5.67. The third-order valence-electron chi connectivity index (χ3n) is 0.898. The number of nitrogens with two attached hydrogens (primary N) is 1. The second-order valence-electron chi connectivity index (χ2n) is 1.76. The van der Waals surface area contributed by atoms with Crippen LogP contribution >= 0.6 is 0 Å². The molecule has 0 saturated carbocycles. The molecule has 0 aliphatic rings. The van der Waals surface area contributed by atoms with Gasteiger partial charge in [-0.15, -0.1) is 0 Å². The van der Waals surface area contributed by atoms with Gasteiger partial charge in [-0.2, -0.15) is 0 Å². The molecule has 1 rings (SSSR count). The van der Waals surface area contributed by atoms with E-state index < -0.39 is 11.9 Å². The van der Waals surface area contributed by atoms with Gasteiger partial charge in [-0.25, -0.2) is 9.18 Å². The van der Waals surface area contributed by atoms with Crippen LogP contribution in [-0.4, -0.2) is 11.1 Å². The van der Waals surface area contributed by atoms with Gasteiger partial charge >= 0.3 is 6.09 Å². The van der Waals surface area contributed by atoms with Gasteiger partial charge in [0, 0.05) is 6.07 Å². The molecule has 0 radical (unpaired) electrons. The van der Waals surface area contributed by atoms with E-state index in [1.165, 1.54) is 6.20 Å². The molecule has 0 bridgehead atoms. The van der Waals surface area contributed by atoms with Crippen LogP contribution in [0.25, 0.3) is 0 Å². The Morgan fingerprint density at radius 3 is 2.91 bits per heavy atom. The predicted molar refractivity (Wildman–Crippen MR) is 34.4 cm³/mol. The second kappa shape index (κ2) is 2.96. The van der Waals surface area contributed by atoms with Crippen LogP contribution in [0.2, 0.25) is 0 Å². The van der Waals surface area contributed by atoms with Crippen molar-refractivity contribution in [3.8, 4) is 5.75 Å². The Labute approximate surface area is 61.8 Å². The summed E-state index contributed by atoms with van der Waals surface area (Å²) in [5.41, 5.74) is 4.66. The van der Waals surface area contributed by atoms with Crippen molar-refractivity contribution in [2.24, 2.45) is 5.73 Å². The smallest absolute Gasteiger partial charge is 0.409 e. The number of nitrogens with zero attached hydrogens (tertiary/aromatic N) is 1. The van der Waals surface area contributed by atoms with Crippen molar-refractivity contribution >= 4 is 6.09 Å². The number of rotatable bonds is 1. The number of carbonyl (C=O) groups is 1. The van der Waals surface area contributed by atoms with E-state index in [2.05, 4.69) is 15.5 Å². The van der Waals surface area contributed by atoms with Crippen LogP contribution in [-0.2, 0) is 0 Å². The van der Waals surface area contributed by atoms with E-state index >= 15 is 0 Å². The van der Waals surface area contributed by atoms with Gasteiger partial charge in [-0.3, -0.25) is 4.98 Å². The Morgan fingerprint density at radius 1 is 1.64 bits per heavy atom. The Balaban J connectivity index is 2.79. The summed E-state index contributed by atoms with van der Waals surface area (Å²) in [5, 5.41) is 0. The number of carbonyl (C=O) groups excluding carboxylic acids is 1. The average molecular weight is 156 g/mol. The SMILES string of the molecule is NC(=O)Oc1cncc(F)c1. The lowest BCUT2D eigenvalue weighted by molar-refractivity contribution is 0.210. The first-order valence-corrected chi connectivity index (χ1v) is 2.76. The monoisotopic (exact) mass is 156 g/mol. The maximum absolute atomic E-state index is 12.3. The molecule has 1 heterocycles. The van der Waals surface area contributed by atoms with Gasteiger partial charge in [-0.05, 0) is 0 Å². The summed E-state index contributed by atoms with van der Waals surface area (Å²) in [6.45, 7) is 0. The van der Waals surface area contributed by atoms with Gasteiger partial charge in [0.2, 0.25) is 0 Å². The molecule has 1 aromatic heterocycles. The van der Waals surface area contributed by atoms with Gasteiger partial charge in [0.05, 0.1) is 12.4 Å². The quantitative estimate of drug-likeness (QED) is 0.650. The molecule has 0 saturated heterocycles. The summed E-state index contributed by atoms with van der Waals surface area (Å²) in [7, 11) is 0. The third kappa shape index (κ3) is 2.21. The number of ether oxygens (including phenoxy) is 1. The molecule has 4 nitrogen and oxygen atoms in total. The molecule has 0 aromatic carbocycles. The summed E-state index contributed by atoms with van der Waals surface area (Å²) >= 11 is 0. The van der Waals surface area contributed by atoms with E-state index in [-0.39, 0.29) is 5.75 Å². The number of primary amides is 1. The zero-order valence-electron chi connectivity index (χ0n) is 5.45. The molecule has 0 aliphatic carbocycles. The molecular formula is C6H5FN2O2. The minimum absolute atomic E-state index is 0.00231. The van der Waals surface area contributed by atoms with Gasteiger partial charge in [0.15, 0.2) is 5.75 Å². The van der Waals surface area contributed by atoms with Crippen LogP contribution < -0.4 is 10.5 Å². The summed E-state index contributed by atoms with van der Waals surface area (Å²) in [4.78, 5) is 13.6. The molecule has 0 spiro atoms. The van der Waals surface area contributed by atoms with E-state index in [9.17, 15) is 9.18 Å². The molecule has 1 amide bonds. The van der Waals surface area contributed by atoms with Crippen LogP contribution in [0.1, 0.15) is 0 Å². The van der Waals surface area contributed by atoms with E-state index in [4.69, 9.17) is 0 Å². The fourth-order valence-corrected chi connectivity index (χ4v) is 0.564. The molecule has 0 fully saturated rings. The summed E-state index contributed by atoms with van der Waals surface area (Å²) in [6.07, 6.45) is 1.19. The molecule has 5 heteroatoms. The van der Waals surface area contributed by atoms with Crippen molar-refractivity contribution in [2.75, 3.05) is 0 Å². The second-order valence-corrected chi connectivity index (χ2v) is 1.76. The molecule has 58 valence electrons. The lowest BCUT2D eigenvalue weighted by Gasteiger charge is -1.97. The van der Waals surface area contributed by atoms with Crippen LogP contribution in [0.3, 0.4) is 0 Å². The Kier molecular flexibility index (Phi) is 2.00. The van der Waals surface area contributed by atoms with E-state index in [0.717, 1.165) is 12.3 Å². The van der Waals surface area contributed by atoms with Gasteiger partial charge in [0.1, 0.15) is 5.82 Å². The first kappa shape index (κ1) is 7.46. The Bertz CT molecular complexity index is 277. The minimum Gasteiger partial charge on any atom is -0.409 e. The number of amides is 1. The third-order valence-corrected chi connectivity index (χ3v) is 0.898. The van der Waals surface area contributed by atoms with E-state index in [1.807, 2.05) is 0 Å². The molecule has 2 N–H and O–H groups in total. The van der Waals surface area contributed by atoms with Crippen LogP contribution in [0.5, 0.6) is 5.75 Å². The zero-order chi connectivity index (χ0) is 8.27. The maximum atomic E-state index is 12.3. The van der Waals surface area contributed by atoms with Crippen molar-refractivity contribution in [3.63, 3.8) is 0 Å². The first-order valence-electron chi connectivity index (χ1n) is 2.76. The molecular weight excluding hydrogens is 151 g/mol. The van der Waals surface area contributed by atoms with Crippen molar-refractivity contribution in [1.82, 2.24) is 4.98 Å². The molecule has 0 aliphatic heterocycles. The van der Waals surface area contributed by atoms with Crippen LogP contribution in [0.4, 0.5) is 9.18 Å². The number of aromatic nitrogens is 1. The lowest BCUT2D eigenvalue weighted by atomic mass is 10.4. The van der Waals surface area contributed by atoms with Crippen LogP contribution in [0.15, 0.2) is 18.5 Å². The Morgan fingerprint density at radius 2 is 2.36 bits per heavy atom. The standard InChI is InChI=1S/C6H5FN2O2/c7-4-1-5(3-9-2-4)11-6(8)10/h1-3H,(H2,8,10). The number of pyridine rings is 1. The molecule has 11 heavy (non-hydrogen) atoms. The average Bonchev–Trinajstić information content (AvgIpc) is 1.85. The first-order chi connectivity index (χ1) is 5.18. The number of hydrogen-bond donors (Lipinski definition) is 1. The fraction of sp³-hybridized carbons (Fsp3) is 0. The molecule has 0 unspecified atom stereocenters. The maximum Gasteiger partial charge on any atom is 0.410 e. The minimum atomic E-state index is -0.989. The van der Waals surface area contributed by atoms with Crippen molar-refractivity contribution in [2.45, 2.75) is 0 Å². The Hall–Kier alpha value is -1.65. The normalized spacial score (nSPS) is 9.18. The van der Waals surface area contributed by atoms with Gasteiger partial charge < -0.3 is 10.5 Å². The van der Waals surface area contributed by atoms with Gasteiger partial charge in [-0.1, -0.05) is 0 Å². The highest BCUT2D eigenvalue weighted by Crippen LogP contribution is 2.08. The fourth-order valence-electron chi connectivity index (χ4n) is 0.564. The van der Waals surface area contributed by atoms with Crippen molar-refractivity contribution < 1.29 is 13.9 Å². The summed E-state index contributed by atoms with van der Waals surface area (Å²) < 4.78 is 16.7. The van der Waals surface area contributed by atoms with E-state index in [0.29, 0.717) is 0 Å². The highest BCUT2D eigenvalue weighted by Gasteiger charge is 1.99. The van der Waals surface area contributed by atoms with Crippen molar-refractivity contribution in [1.29, 1.82) is 0 Å². The molecule has 1 aromatic rings. The summed E-state index contributed by atoms with van der Waals surface area (Å²) in [6, 6.07) is 1.01. The summed E-state index contributed by atoms with van der Waals surface area (Å²) in [5.74, 6) is -0.582. The number of halogens is 1. The van der Waals surface area contributed by atoms with Crippen molar-refractivity contribution in [3.05, 3.63) is 24.3 Å².